The second-order valence-corrected chi connectivity index (χ2v) is 6.12. The molecule has 0 unspecified atom stereocenters. The molecule has 2 aromatic carbocycles. The smallest absolute Gasteiger partial charge is 0.257 e. The summed E-state index contributed by atoms with van der Waals surface area (Å²) in [5.41, 5.74) is 1.84. The molecule has 126 valence electrons. The van der Waals surface area contributed by atoms with E-state index in [1.807, 2.05) is 41.3 Å². The maximum atomic E-state index is 12.7. The Morgan fingerprint density at radius 2 is 1.71 bits per heavy atom. The Kier molecular flexibility index (Phi) is 5.04. The molecule has 1 saturated heterocycles. The summed E-state index contributed by atoms with van der Waals surface area (Å²) < 4.78 is 11.3. The molecule has 1 aliphatic rings. The Hall–Kier alpha value is -2.49. The van der Waals surface area contributed by atoms with E-state index in [9.17, 15) is 4.79 Å². The van der Waals surface area contributed by atoms with Crippen molar-refractivity contribution in [2.45, 2.75) is 25.9 Å². The lowest BCUT2D eigenvalue weighted by molar-refractivity contribution is 0.0592. The average molecular weight is 325 g/mol. The third kappa shape index (κ3) is 3.70. The molecule has 1 fully saturated rings. The predicted octanol–water partition coefficient (Wildman–Crippen LogP) is 3.69. The number of para-hydroxylation sites is 1. The number of amides is 1. The van der Waals surface area contributed by atoms with Gasteiger partial charge in [0.25, 0.3) is 5.91 Å². The van der Waals surface area contributed by atoms with Crippen molar-refractivity contribution in [3.63, 3.8) is 0 Å². The van der Waals surface area contributed by atoms with E-state index >= 15 is 0 Å². The molecule has 0 atom stereocenters. The lowest BCUT2D eigenvalue weighted by Crippen LogP contribution is -2.41. The van der Waals surface area contributed by atoms with Crippen LogP contribution in [0.25, 0.3) is 0 Å². The Morgan fingerprint density at radius 3 is 2.38 bits per heavy atom. The number of piperidine rings is 1. The van der Waals surface area contributed by atoms with Gasteiger partial charge < -0.3 is 14.4 Å². The SMILES string of the molecule is COc1ccccc1C(=O)N1CCC(Oc2ccc(C)cc2)CC1. The third-order valence-corrected chi connectivity index (χ3v) is 4.39. The predicted molar refractivity (Wildman–Crippen MR) is 93.7 cm³/mol. The quantitative estimate of drug-likeness (QED) is 0.860. The highest BCUT2D eigenvalue weighted by Crippen LogP contribution is 2.23. The lowest BCUT2D eigenvalue weighted by atomic mass is 10.1. The van der Waals surface area contributed by atoms with Crippen LogP contribution in [0.5, 0.6) is 11.5 Å². The molecule has 2 aromatic rings. The number of aryl methyl sites for hydroxylation is 1. The van der Waals surface area contributed by atoms with E-state index in [1.54, 1.807) is 7.11 Å². The van der Waals surface area contributed by atoms with Gasteiger partial charge in [-0.25, -0.2) is 0 Å². The normalized spacial score (nSPS) is 15.2. The molecule has 1 aliphatic heterocycles. The van der Waals surface area contributed by atoms with E-state index in [2.05, 4.69) is 19.1 Å². The van der Waals surface area contributed by atoms with Gasteiger partial charge in [0.2, 0.25) is 0 Å². The molecular weight excluding hydrogens is 302 g/mol. The van der Waals surface area contributed by atoms with Crippen molar-refractivity contribution in [2.24, 2.45) is 0 Å². The second kappa shape index (κ2) is 7.39. The number of rotatable bonds is 4. The molecule has 3 rings (SSSR count). The fourth-order valence-corrected chi connectivity index (χ4v) is 2.98. The van der Waals surface area contributed by atoms with Gasteiger partial charge >= 0.3 is 0 Å². The van der Waals surface area contributed by atoms with Gasteiger partial charge in [-0.05, 0) is 31.2 Å². The highest BCUT2D eigenvalue weighted by atomic mass is 16.5. The van der Waals surface area contributed by atoms with Gasteiger partial charge in [0.1, 0.15) is 17.6 Å². The molecule has 24 heavy (non-hydrogen) atoms. The maximum Gasteiger partial charge on any atom is 0.257 e. The van der Waals surface area contributed by atoms with Gasteiger partial charge in [-0.3, -0.25) is 4.79 Å². The van der Waals surface area contributed by atoms with Crippen molar-refractivity contribution in [1.82, 2.24) is 4.90 Å². The van der Waals surface area contributed by atoms with E-state index in [4.69, 9.17) is 9.47 Å². The van der Waals surface area contributed by atoms with Crippen molar-refractivity contribution in [2.75, 3.05) is 20.2 Å². The van der Waals surface area contributed by atoms with Gasteiger partial charge in [-0.2, -0.15) is 0 Å². The molecule has 4 nitrogen and oxygen atoms in total. The van der Waals surface area contributed by atoms with Crippen LogP contribution in [0.1, 0.15) is 28.8 Å². The fraction of sp³-hybridized carbons (Fsp3) is 0.350. The standard InChI is InChI=1S/C20H23NO3/c1-15-7-9-16(10-8-15)24-17-11-13-21(14-12-17)20(22)18-5-3-4-6-19(18)23-2/h3-10,17H,11-14H2,1-2H3. The zero-order valence-corrected chi connectivity index (χ0v) is 14.2. The number of methoxy groups -OCH3 is 1. The molecule has 0 spiro atoms. The first-order chi connectivity index (χ1) is 11.7. The number of nitrogens with zero attached hydrogens (tertiary/aromatic N) is 1. The maximum absolute atomic E-state index is 12.7. The monoisotopic (exact) mass is 325 g/mol. The lowest BCUT2D eigenvalue weighted by Gasteiger charge is -2.32. The Bertz CT molecular complexity index is 688. The summed E-state index contributed by atoms with van der Waals surface area (Å²) in [6.07, 6.45) is 1.85. The van der Waals surface area contributed by atoms with Crippen LogP contribution in [-0.2, 0) is 0 Å². The largest absolute Gasteiger partial charge is 0.496 e. The third-order valence-electron chi connectivity index (χ3n) is 4.39. The first kappa shape index (κ1) is 16.4. The summed E-state index contributed by atoms with van der Waals surface area (Å²) in [5, 5.41) is 0. The van der Waals surface area contributed by atoms with Gasteiger partial charge in [0.15, 0.2) is 0 Å². The number of likely N-dealkylation sites (tertiary alicyclic amines) is 1. The highest BCUT2D eigenvalue weighted by molar-refractivity contribution is 5.97. The van der Waals surface area contributed by atoms with E-state index in [-0.39, 0.29) is 12.0 Å². The van der Waals surface area contributed by atoms with Crippen LogP contribution in [0.2, 0.25) is 0 Å². The Labute approximate surface area is 143 Å². The summed E-state index contributed by atoms with van der Waals surface area (Å²) in [6, 6.07) is 15.5. The summed E-state index contributed by atoms with van der Waals surface area (Å²) in [5.74, 6) is 1.55. The van der Waals surface area contributed by atoms with Crippen molar-refractivity contribution >= 4 is 5.91 Å². The second-order valence-electron chi connectivity index (χ2n) is 6.12. The summed E-state index contributed by atoms with van der Waals surface area (Å²) in [6.45, 7) is 3.46. The minimum atomic E-state index is 0.0289. The van der Waals surface area contributed by atoms with Gasteiger partial charge in [0, 0.05) is 25.9 Å². The van der Waals surface area contributed by atoms with Crippen molar-refractivity contribution in [3.05, 3.63) is 59.7 Å². The minimum absolute atomic E-state index is 0.0289. The molecule has 0 N–H and O–H groups in total. The van der Waals surface area contributed by atoms with E-state index < -0.39 is 0 Å². The minimum Gasteiger partial charge on any atom is -0.496 e. The van der Waals surface area contributed by atoms with Crippen LogP contribution >= 0.6 is 0 Å². The van der Waals surface area contributed by atoms with Gasteiger partial charge in [0.05, 0.1) is 12.7 Å². The fourth-order valence-electron chi connectivity index (χ4n) is 2.98. The number of carbonyl (C=O) groups excluding carboxylic acids is 1. The molecule has 1 heterocycles. The molecule has 0 aliphatic carbocycles. The molecule has 0 saturated carbocycles. The Morgan fingerprint density at radius 1 is 1.04 bits per heavy atom. The van der Waals surface area contributed by atoms with Crippen LogP contribution in [0.15, 0.2) is 48.5 Å². The number of benzene rings is 2. The average Bonchev–Trinajstić information content (AvgIpc) is 2.63. The van der Waals surface area contributed by atoms with Crippen LogP contribution in [0.3, 0.4) is 0 Å². The summed E-state index contributed by atoms with van der Waals surface area (Å²) >= 11 is 0. The first-order valence-electron chi connectivity index (χ1n) is 8.33. The molecule has 1 amide bonds. The number of carbonyl (C=O) groups is 1. The molecule has 0 bridgehead atoms. The van der Waals surface area contributed by atoms with Gasteiger partial charge in [-0.15, -0.1) is 0 Å². The molecule has 0 radical (unpaired) electrons. The molecule has 0 aromatic heterocycles. The zero-order chi connectivity index (χ0) is 16.9. The first-order valence-corrected chi connectivity index (χ1v) is 8.33. The summed E-state index contributed by atoms with van der Waals surface area (Å²) in [4.78, 5) is 14.6. The van der Waals surface area contributed by atoms with Crippen LogP contribution in [0.4, 0.5) is 0 Å². The van der Waals surface area contributed by atoms with Crippen molar-refractivity contribution in [3.8, 4) is 11.5 Å². The molecular formula is C20H23NO3. The van der Waals surface area contributed by atoms with Gasteiger partial charge in [-0.1, -0.05) is 29.8 Å². The van der Waals surface area contributed by atoms with Crippen LogP contribution in [0, 0.1) is 6.92 Å². The van der Waals surface area contributed by atoms with E-state index in [0.717, 1.165) is 18.6 Å². The summed E-state index contributed by atoms with van der Waals surface area (Å²) in [7, 11) is 1.59. The van der Waals surface area contributed by atoms with Crippen LogP contribution < -0.4 is 9.47 Å². The highest BCUT2D eigenvalue weighted by Gasteiger charge is 2.26. The topological polar surface area (TPSA) is 38.8 Å². The molecule has 4 heteroatoms. The zero-order valence-electron chi connectivity index (χ0n) is 14.2. The van der Waals surface area contributed by atoms with E-state index in [1.165, 1.54) is 5.56 Å². The van der Waals surface area contributed by atoms with E-state index in [0.29, 0.717) is 24.4 Å². The number of ether oxygens (including phenoxy) is 2. The number of hydrogen-bond donors (Lipinski definition) is 0. The van der Waals surface area contributed by atoms with Crippen molar-refractivity contribution in [1.29, 1.82) is 0 Å². The Balaban J connectivity index is 1.58. The van der Waals surface area contributed by atoms with Crippen LogP contribution in [-0.4, -0.2) is 37.1 Å². The number of hydrogen-bond acceptors (Lipinski definition) is 3. The van der Waals surface area contributed by atoms with Crippen molar-refractivity contribution < 1.29 is 14.3 Å².